The van der Waals surface area contributed by atoms with Crippen LogP contribution in [0.4, 0.5) is 5.69 Å². The van der Waals surface area contributed by atoms with Gasteiger partial charge >= 0.3 is 10.2 Å². The lowest BCUT2D eigenvalue weighted by molar-refractivity contribution is 0.349. The maximum atomic E-state index is 12.2. The molecular formula is C11H16BrN3O2S. The van der Waals surface area contributed by atoms with E-state index in [1.807, 2.05) is 0 Å². The van der Waals surface area contributed by atoms with Crippen LogP contribution in [0.25, 0.3) is 0 Å². The molecule has 1 N–H and O–H groups in total. The maximum Gasteiger partial charge on any atom is 0.301 e. The lowest BCUT2D eigenvalue weighted by Gasteiger charge is -2.26. The number of hydrogen-bond acceptors (Lipinski definition) is 3. The third-order valence-electron chi connectivity index (χ3n) is 2.95. The molecule has 0 atom stereocenters. The van der Waals surface area contributed by atoms with E-state index in [-0.39, 0.29) is 0 Å². The number of hydrogen-bond donors (Lipinski definition) is 1. The number of aryl methyl sites for hydroxylation is 1. The van der Waals surface area contributed by atoms with Crippen LogP contribution in [0, 0.1) is 6.92 Å². The van der Waals surface area contributed by atoms with Gasteiger partial charge < -0.3 is 0 Å². The predicted octanol–water partition coefficient (Wildman–Crippen LogP) is 2.30. The summed E-state index contributed by atoms with van der Waals surface area (Å²) in [5.41, 5.74) is 1.19. The molecular weight excluding hydrogens is 318 g/mol. The molecule has 1 fully saturated rings. The second kappa shape index (κ2) is 5.54. The van der Waals surface area contributed by atoms with Crippen molar-refractivity contribution in [3.05, 3.63) is 22.4 Å². The lowest BCUT2D eigenvalue weighted by atomic mass is 10.2. The van der Waals surface area contributed by atoms with Gasteiger partial charge in [0.1, 0.15) is 4.60 Å². The van der Waals surface area contributed by atoms with Gasteiger partial charge in [-0.15, -0.1) is 0 Å². The molecule has 0 aliphatic carbocycles. The molecule has 5 nitrogen and oxygen atoms in total. The van der Waals surface area contributed by atoms with E-state index < -0.39 is 10.2 Å². The fourth-order valence-corrected chi connectivity index (χ4v) is 3.71. The first-order valence-corrected chi connectivity index (χ1v) is 8.13. The van der Waals surface area contributed by atoms with Crippen LogP contribution in [-0.4, -0.2) is 30.8 Å². The summed E-state index contributed by atoms with van der Waals surface area (Å²) >= 11 is 3.25. The second-order valence-electron chi connectivity index (χ2n) is 4.33. The zero-order chi connectivity index (χ0) is 13.2. The number of nitrogens with one attached hydrogen (secondary N) is 1. The van der Waals surface area contributed by atoms with Gasteiger partial charge in [-0.25, -0.2) is 4.98 Å². The van der Waals surface area contributed by atoms with Crippen LogP contribution in [0.15, 0.2) is 16.7 Å². The molecule has 0 amide bonds. The largest absolute Gasteiger partial charge is 0.301 e. The topological polar surface area (TPSA) is 62.3 Å². The van der Waals surface area contributed by atoms with Crippen LogP contribution in [0.2, 0.25) is 0 Å². The Hall–Kier alpha value is -0.660. The Labute approximate surface area is 116 Å². The number of aromatic nitrogens is 1. The summed E-state index contributed by atoms with van der Waals surface area (Å²) in [5, 5.41) is 0. The van der Waals surface area contributed by atoms with Gasteiger partial charge in [0.05, 0.1) is 11.4 Å². The minimum absolute atomic E-state index is 0.531. The zero-order valence-electron chi connectivity index (χ0n) is 10.2. The van der Waals surface area contributed by atoms with Crippen LogP contribution in [0.3, 0.4) is 0 Å². The first kappa shape index (κ1) is 13.8. The van der Waals surface area contributed by atoms with E-state index in [4.69, 9.17) is 0 Å². The Morgan fingerprint density at radius 1 is 1.28 bits per heavy atom. The van der Waals surface area contributed by atoms with Crippen LogP contribution >= 0.6 is 15.9 Å². The van der Waals surface area contributed by atoms with E-state index in [9.17, 15) is 8.42 Å². The first-order valence-electron chi connectivity index (χ1n) is 5.90. The summed E-state index contributed by atoms with van der Waals surface area (Å²) in [7, 11) is -3.44. The highest BCUT2D eigenvalue weighted by Gasteiger charge is 2.24. The highest BCUT2D eigenvalue weighted by atomic mass is 79.9. The van der Waals surface area contributed by atoms with Crippen molar-refractivity contribution in [2.24, 2.45) is 0 Å². The highest BCUT2D eigenvalue weighted by Crippen LogP contribution is 2.20. The van der Waals surface area contributed by atoms with E-state index in [1.54, 1.807) is 19.1 Å². The number of nitrogens with zero attached hydrogens (tertiary/aromatic N) is 2. The minimum atomic E-state index is -3.44. The van der Waals surface area contributed by atoms with Crippen molar-refractivity contribution in [2.45, 2.75) is 26.2 Å². The van der Waals surface area contributed by atoms with Crippen LogP contribution in [-0.2, 0) is 10.2 Å². The van der Waals surface area contributed by atoms with E-state index in [1.165, 1.54) is 4.31 Å². The molecule has 2 heterocycles. The minimum Gasteiger partial charge on any atom is -0.269 e. The molecule has 0 saturated carbocycles. The number of halogens is 1. The molecule has 1 aliphatic rings. The highest BCUT2D eigenvalue weighted by molar-refractivity contribution is 9.10. The van der Waals surface area contributed by atoms with Gasteiger partial charge in [0.2, 0.25) is 0 Å². The number of piperidine rings is 1. The van der Waals surface area contributed by atoms with Crippen LogP contribution in [0.5, 0.6) is 0 Å². The van der Waals surface area contributed by atoms with Crippen LogP contribution < -0.4 is 4.72 Å². The first-order chi connectivity index (χ1) is 8.49. The summed E-state index contributed by atoms with van der Waals surface area (Å²) < 4.78 is 29.1. The van der Waals surface area contributed by atoms with E-state index in [0.717, 1.165) is 19.3 Å². The van der Waals surface area contributed by atoms with Gasteiger partial charge in [-0.3, -0.25) is 4.72 Å². The third-order valence-corrected chi connectivity index (χ3v) is 4.91. The zero-order valence-corrected chi connectivity index (χ0v) is 12.6. The van der Waals surface area contributed by atoms with Crippen molar-refractivity contribution >= 4 is 31.8 Å². The van der Waals surface area contributed by atoms with Gasteiger partial charge in [-0.2, -0.15) is 12.7 Å². The van der Waals surface area contributed by atoms with E-state index in [2.05, 4.69) is 25.6 Å². The summed E-state index contributed by atoms with van der Waals surface area (Å²) in [6.45, 7) is 2.97. The van der Waals surface area contributed by atoms with Gasteiger partial charge in [0, 0.05) is 13.1 Å². The smallest absolute Gasteiger partial charge is 0.269 e. The van der Waals surface area contributed by atoms with Crippen LogP contribution in [0.1, 0.15) is 25.0 Å². The Kier molecular flexibility index (Phi) is 4.24. The van der Waals surface area contributed by atoms with Crippen molar-refractivity contribution in [1.29, 1.82) is 0 Å². The van der Waals surface area contributed by atoms with Crippen molar-refractivity contribution in [3.8, 4) is 0 Å². The summed E-state index contributed by atoms with van der Waals surface area (Å²) in [6.07, 6.45) is 2.96. The number of pyridine rings is 1. The summed E-state index contributed by atoms with van der Waals surface area (Å²) in [4.78, 5) is 4.17. The average molecular weight is 334 g/mol. The molecule has 1 aromatic heterocycles. The van der Waals surface area contributed by atoms with Gasteiger partial charge in [0.25, 0.3) is 0 Å². The molecule has 1 aliphatic heterocycles. The normalized spacial score (nSPS) is 17.7. The number of anilines is 1. The molecule has 0 aromatic carbocycles. The van der Waals surface area contributed by atoms with Crippen molar-refractivity contribution in [2.75, 3.05) is 17.8 Å². The second-order valence-corrected chi connectivity index (χ2v) is 6.82. The Bertz CT molecular complexity index is 527. The number of rotatable bonds is 3. The fourth-order valence-electron chi connectivity index (χ4n) is 1.95. The summed E-state index contributed by atoms with van der Waals surface area (Å²) in [5.74, 6) is 0. The molecule has 0 spiro atoms. The monoisotopic (exact) mass is 333 g/mol. The molecule has 1 aromatic rings. The summed E-state index contributed by atoms with van der Waals surface area (Å²) in [6, 6.07) is 3.44. The maximum absolute atomic E-state index is 12.2. The van der Waals surface area contributed by atoms with E-state index in [0.29, 0.717) is 29.1 Å². The molecule has 0 radical (unpaired) electrons. The molecule has 0 unspecified atom stereocenters. The predicted molar refractivity (Wildman–Crippen MR) is 74.6 cm³/mol. The third kappa shape index (κ3) is 3.21. The Morgan fingerprint density at radius 2 is 1.94 bits per heavy atom. The van der Waals surface area contributed by atoms with Crippen molar-refractivity contribution in [3.63, 3.8) is 0 Å². The molecule has 7 heteroatoms. The molecule has 0 bridgehead atoms. The molecule has 100 valence electrons. The quantitative estimate of drug-likeness (QED) is 0.863. The van der Waals surface area contributed by atoms with Gasteiger partial charge in [-0.1, -0.05) is 6.42 Å². The van der Waals surface area contributed by atoms with Crippen molar-refractivity contribution in [1.82, 2.24) is 9.29 Å². The molecule has 2 rings (SSSR count). The Morgan fingerprint density at radius 3 is 2.56 bits per heavy atom. The molecule has 1 saturated heterocycles. The standard InChI is InChI=1S/C11H16BrN3O2S/c1-9-10(5-6-11(12)13-9)14-18(16,17)15-7-3-2-4-8-15/h5-6,14H,2-4,7-8H2,1H3. The lowest BCUT2D eigenvalue weighted by Crippen LogP contribution is -2.39. The SMILES string of the molecule is Cc1nc(Br)ccc1NS(=O)(=O)N1CCCCC1. The Balaban J connectivity index is 2.16. The van der Waals surface area contributed by atoms with Crippen molar-refractivity contribution < 1.29 is 8.42 Å². The average Bonchev–Trinajstić information content (AvgIpc) is 2.34. The van der Waals surface area contributed by atoms with Gasteiger partial charge in [0.15, 0.2) is 0 Å². The fraction of sp³-hybridized carbons (Fsp3) is 0.545. The molecule has 18 heavy (non-hydrogen) atoms. The van der Waals surface area contributed by atoms with Gasteiger partial charge in [-0.05, 0) is 47.8 Å². The van der Waals surface area contributed by atoms with E-state index >= 15 is 0 Å².